The topological polar surface area (TPSA) is 30.2 Å². The van der Waals surface area contributed by atoms with Gasteiger partial charge in [-0.05, 0) is 31.0 Å². The number of hydrogen-bond donors (Lipinski definition) is 0. The van der Waals surface area contributed by atoms with Gasteiger partial charge in [0, 0.05) is 0 Å². The van der Waals surface area contributed by atoms with Crippen LogP contribution in [0.25, 0.3) is 22.1 Å². The molecular weight excluding hydrogens is 236 g/mol. The van der Waals surface area contributed by atoms with Crippen molar-refractivity contribution in [3.8, 4) is 11.1 Å². The number of rotatable bonds is 1. The van der Waals surface area contributed by atoms with Crippen LogP contribution in [-0.4, -0.2) is 0 Å². The van der Waals surface area contributed by atoms with Crippen molar-refractivity contribution in [1.29, 1.82) is 0 Å². The summed E-state index contributed by atoms with van der Waals surface area (Å²) in [7, 11) is 0. The average Bonchev–Trinajstić information content (AvgIpc) is 2.39. The summed E-state index contributed by atoms with van der Waals surface area (Å²) in [6.07, 6.45) is 0. The SMILES string of the molecule is Cc1oc2cccc(C)c2c(=O)c1-c1ccccc1. The number of fused-ring (bicyclic) bond motifs is 1. The Hall–Kier alpha value is -2.35. The van der Waals surface area contributed by atoms with Crippen LogP contribution >= 0.6 is 0 Å². The van der Waals surface area contributed by atoms with Crippen LogP contribution in [0.15, 0.2) is 57.7 Å². The molecule has 0 spiro atoms. The van der Waals surface area contributed by atoms with Crippen molar-refractivity contribution in [3.05, 3.63) is 70.1 Å². The maximum absolute atomic E-state index is 12.7. The first-order chi connectivity index (χ1) is 9.18. The molecule has 0 N–H and O–H groups in total. The van der Waals surface area contributed by atoms with E-state index in [1.54, 1.807) is 0 Å². The van der Waals surface area contributed by atoms with Crippen molar-refractivity contribution in [1.82, 2.24) is 0 Å². The summed E-state index contributed by atoms with van der Waals surface area (Å²) in [6.45, 7) is 3.77. The molecule has 0 fully saturated rings. The van der Waals surface area contributed by atoms with E-state index in [0.29, 0.717) is 22.3 Å². The van der Waals surface area contributed by atoms with E-state index in [0.717, 1.165) is 11.1 Å². The Balaban J connectivity index is 2.45. The van der Waals surface area contributed by atoms with Crippen molar-refractivity contribution < 1.29 is 4.42 Å². The second kappa shape index (κ2) is 4.39. The van der Waals surface area contributed by atoms with E-state index in [1.165, 1.54) is 0 Å². The molecule has 19 heavy (non-hydrogen) atoms. The molecule has 3 aromatic rings. The zero-order valence-corrected chi connectivity index (χ0v) is 10.9. The van der Waals surface area contributed by atoms with Gasteiger partial charge in [-0.2, -0.15) is 0 Å². The highest BCUT2D eigenvalue weighted by atomic mass is 16.3. The van der Waals surface area contributed by atoms with E-state index < -0.39 is 0 Å². The Labute approximate surface area is 111 Å². The Morgan fingerprint density at radius 3 is 2.37 bits per heavy atom. The Bertz CT molecular complexity index is 799. The second-order valence-corrected chi connectivity index (χ2v) is 4.68. The predicted octanol–water partition coefficient (Wildman–Crippen LogP) is 4.08. The first-order valence-corrected chi connectivity index (χ1v) is 6.27. The molecule has 0 aliphatic heterocycles. The first-order valence-electron chi connectivity index (χ1n) is 6.27. The lowest BCUT2D eigenvalue weighted by molar-refractivity contribution is 0.567. The van der Waals surface area contributed by atoms with E-state index >= 15 is 0 Å². The van der Waals surface area contributed by atoms with E-state index in [2.05, 4.69) is 0 Å². The van der Waals surface area contributed by atoms with Crippen LogP contribution in [0.3, 0.4) is 0 Å². The highest BCUT2D eigenvalue weighted by Gasteiger charge is 2.14. The highest BCUT2D eigenvalue weighted by Crippen LogP contribution is 2.24. The molecule has 0 amide bonds. The molecule has 2 aromatic carbocycles. The van der Waals surface area contributed by atoms with Crippen molar-refractivity contribution >= 4 is 11.0 Å². The van der Waals surface area contributed by atoms with E-state index in [1.807, 2.05) is 62.4 Å². The summed E-state index contributed by atoms with van der Waals surface area (Å²) in [5.74, 6) is 0.661. The van der Waals surface area contributed by atoms with E-state index in [4.69, 9.17) is 4.42 Å². The van der Waals surface area contributed by atoms with Crippen molar-refractivity contribution in [2.45, 2.75) is 13.8 Å². The molecule has 1 heterocycles. The van der Waals surface area contributed by atoms with Crippen molar-refractivity contribution in [3.63, 3.8) is 0 Å². The Morgan fingerprint density at radius 2 is 1.63 bits per heavy atom. The summed E-state index contributed by atoms with van der Waals surface area (Å²) in [6, 6.07) is 15.3. The average molecular weight is 250 g/mol. The van der Waals surface area contributed by atoms with Crippen molar-refractivity contribution in [2.24, 2.45) is 0 Å². The summed E-state index contributed by atoms with van der Waals surface area (Å²) in [5, 5.41) is 0.673. The quantitative estimate of drug-likeness (QED) is 0.651. The minimum absolute atomic E-state index is 0.0445. The smallest absolute Gasteiger partial charge is 0.201 e. The summed E-state index contributed by atoms with van der Waals surface area (Å²) < 4.78 is 5.81. The molecule has 0 bridgehead atoms. The number of benzene rings is 2. The Kier molecular flexibility index (Phi) is 2.71. The fourth-order valence-corrected chi connectivity index (χ4v) is 2.46. The molecule has 0 atom stereocenters. The minimum Gasteiger partial charge on any atom is -0.460 e. The van der Waals surface area contributed by atoms with Crippen LogP contribution in [0.5, 0.6) is 0 Å². The monoisotopic (exact) mass is 250 g/mol. The zero-order chi connectivity index (χ0) is 13.4. The molecule has 0 aliphatic rings. The maximum atomic E-state index is 12.7. The van der Waals surface area contributed by atoms with Gasteiger partial charge in [0.1, 0.15) is 11.3 Å². The fraction of sp³-hybridized carbons (Fsp3) is 0.118. The molecule has 0 aliphatic carbocycles. The molecule has 3 rings (SSSR count). The molecule has 0 radical (unpaired) electrons. The van der Waals surface area contributed by atoms with Gasteiger partial charge in [-0.1, -0.05) is 42.5 Å². The van der Waals surface area contributed by atoms with Crippen LogP contribution in [0.1, 0.15) is 11.3 Å². The van der Waals surface area contributed by atoms with Crippen LogP contribution in [0, 0.1) is 13.8 Å². The first kappa shape index (κ1) is 11.7. The van der Waals surface area contributed by atoms with Crippen LogP contribution < -0.4 is 5.43 Å². The number of aryl methyl sites for hydroxylation is 2. The molecule has 1 aromatic heterocycles. The molecule has 94 valence electrons. The van der Waals surface area contributed by atoms with Gasteiger partial charge >= 0.3 is 0 Å². The third-order valence-corrected chi connectivity index (χ3v) is 3.37. The van der Waals surface area contributed by atoms with Gasteiger partial charge in [0.2, 0.25) is 5.43 Å². The standard InChI is InChI=1S/C17H14O2/c1-11-7-6-10-14-15(11)17(18)16(12(2)19-14)13-8-4-3-5-9-13/h3-10H,1-2H3. The predicted molar refractivity (Wildman–Crippen MR) is 77.4 cm³/mol. The third-order valence-electron chi connectivity index (χ3n) is 3.37. The molecule has 0 saturated heterocycles. The molecule has 0 unspecified atom stereocenters. The van der Waals surface area contributed by atoms with Gasteiger partial charge in [-0.15, -0.1) is 0 Å². The van der Waals surface area contributed by atoms with Gasteiger partial charge in [-0.3, -0.25) is 4.79 Å². The van der Waals surface area contributed by atoms with Gasteiger partial charge in [-0.25, -0.2) is 0 Å². The van der Waals surface area contributed by atoms with Crippen LogP contribution in [0.4, 0.5) is 0 Å². The highest BCUT2D eigenvalue weighted by molar-refractivity contribution is 5.85. The van der Waals surface area contributed by atoms with Gasteiger partial charge in [0.05, 0.1) is 10.9 Å². The van der Waals surface area contributed by atoms with E-state index in [9.17, 15) is 4.79 Å². The normalized spacial score (nSPS) is 10.8. The maximum Gasteiger partial charge on any atom is 0.201 e. The zero-order valence-electron chi connectivity index (χ0n) is 10.9. The van der Waals surface area contributed by atoms with Gasteiger partial charge in [0.25, 0.3) is 0 Å². The third kappa shape index (κ3) is 1.85. The lowest BCUT2D eigenvalue weighted by Crippen LogP contribution is -2.08. The Morgan fingerprint density at radius 1 is 0.895 bits per heavy atom. The largest absolute Gasteiger partial charge is 0.460 e. The van der Waals surface area contributed by atoms with Crippen LogP contribution in [0.2, 0.25) is 0 Å². The molecule has 2 heteroatoms. The molecular formula is C17H14O2. The molecule has 2 nitrogen and oxygen atoms in total. The van der Waals surface area contributed by atoms with E-state index in [-0.39, 0.29) is 5.43 Å². The van der Waals surface area contributed by atoms with Gasteiger partial charge in [0.15, 0.2) is 0 Å². The lowest BCUT2D eigenvalue weighted by atomic mass is 10.0. The molecule has 0 saturated carbocycles. The second-order valence-electron chi connectivity index (χ2n) is 4.68. The summed E-state index contributed by atoms with van der Waals surface area (Å²) >= 11 is 0. The fourth-order valence-electron chi connectivity index (χ4n) is 2.46. The minimum atomic E-state index is 0.0445. The van der Waals surface area contributed by atoms with Gasteiger partial charge < -0.3 is 4.42 Å². The van der Waals surface area contributed by atoms with Crippen molar-refractivity contribution in [2.75, 3.05) is 0 Å². The number of hydrogen-bond acceptors (Lipinski definition) is 2. The summed E-state index contributed by atoms with van der Waals surface area (Å²) in [4.78, 5) is 12.7. The summed E-state index contributed by atoms with van der Waals surface area (Å²) in [5.41, 5.74) is 3.20. The lowest BCUT2D eigenvalue weighted by Gasteiger charge is -2.08. The van der Waals surface area contributed by atoms with Crippen LogP contribution in [-0.2, 0) is 0 Å².